The Balaban J connectivity index is 1.98. The van der Waals surface area contributed by atoms with Crippen LogP contribution in [-0.4, -0.2) is 20.2 Å². The topological polar surface area (TPSA) is 86.5 Å². The van der Waals surface area contributed by atoms with Crippen LogP contribution in [0.15, 0.2) is 10.2 Å². The van der Waals surface area contributed by atoms with E-state index in [2.05, 4.69) is 25.5 Å². The van der Waals surface area contributed by atoms with Crippen molar-refractivity contribution >= 4 is 16.5 Å². The molecule has 0 saturated carbocycles. The maximum absolute atomic E-state index is 10.7. The van der Waals surface area contributed by atoms with Crippen LogP contribution in [0, 0.1) is 6.92 Å². The molecule has 2 heterocycles. The van der Waals surface area contributed by atoms with Crippen LogP contribution in [0.1, 0.15) is 11.5 Å². The lowest BCUT2D eigenvalue weighted by Gasteiger charge is -1.96. The number of anilines is 1. The van der Waals surface area contributed by atoms with Crippen LogP contribution >= 0.6 is 11.3 Å². The summed E-state index contributed by atoms with van der Waals surface area (Å²) in [5.74, 6) is 0.572. The summed E-state index contributed by atoms with van der Waals surface area (Å²) in [5.41, 5.74) is 0.685. The van der Waals surface area contributed by atoms with Gasteiger partial charge in [0.2, 0.25) is 0 Å². The minimum absolute atomic E-state index is 0.294. The summed E-state index contributed by atoms with van der Waals surface area (Å²) in [6, 6.07) is 0. The first kappa shape index (κ1) is 8.95. The Hall–Kier alpha value is -1.63. The number of aryl methyl sites for hydroxylation is 1. The van der Waals surface area contributed by atoms with Crippen LogP contribution in [0.25, 0.3) is 0 Å². The molecule has 2 aromatic heterocycles. The standard InChI is InChI=1S/C7H9N5OS/c1-4-3-14-7(9-4)8-2-5-10-6(13)12-11-5/h3H,2H2,1H3,(H,8,9)(H2,10,11,12,13). The Bertz CT molecular complexity index is 470. The van der Waals surface area contributed by atoms with Gasteiger partial charge >= 0.3 is 5.69 Å². The molecule has 0 aliphatic carbocycles. The summed E-state index contributed by atoms with van der Waals surface area (Å²) in [6.07, 6.45) is 0. The maximum atomic E-state index is 10.7. The molecule has 0 unspecified atom stereocenters. The van der Waals surface area contributed by atoms with E-state index in [4.69, 9.17) is 0 Å². The van der Waals surface area contributed by atoms with Gasteiger partial charge in [0.25, 0.3) is 0 Å². The lowest BCUT2D eigenvalue weighted by Crippen LogP contribution is -2.04. The van der Waals surface area contributed by atoms with E-state index < -0.39 is 0 Å². The van der Waals surface area contributed by atoms with E-state index in [0.717, 1.165) is 10.8 Å². The number of nitrogens with zero attached hydrogens (tertiary/aromatic N) is 2. The molecule has 7 heteroatoms. The molecule has 0 fully saturated rings. The number of thiazole rings is 1. The van der Waals surface area contributed by atoms with Crippen molar-refractivity contribution in [2.24, 2.45) is 0 Å². The van der Waals surface area contributed by atoms with Gasteiger partial charge in [-0.25, -0.2) is 14.9 Å². The molecule has 0 aliphatic rings. The quantitative estimate of drug-likeness (QED) is 0.689. The molecule has 0 bridgehead atoms. The lowest BCUT2D eigenvalue weighted by molar-refractivity contribution is 0.950. The van der Waals surface area contributed by atoms with E-state index in [1.54, 1.807) is 0 Å². The van der Waals surface area contributed by atoms with Gasteiger partial charge in [0.05, 0.1) is 12.2 Å². The Morgan fingerprint density at radius 2 is 2.50 bits per heavy atom. The second-order valence-corrected chi connectivity index (χ2v) is 3.63. The zero-order valence-electron chi connectivity index (χ0n) is 7.50. The predicted molar refractivity (Wildman–Crippen MR) is 53.4 cm³/mol. The first-order valence-electron chi connectivity index (χ1n) is 4.03. The summed E-state index contributed by atoms with van der Waals surface area (Å²) in [6.45, 7) is 2.39. The Kier molecular flexibility index (Phi) is 2.32. The summed E-state index contributed by atoms with van der Waals surface area (Å²) in [7, 11) is 0. The second kappa shape index (κ2) is 3.62. The maximum Gasteiger partial charge on any atom is 0.340 e. The summed E-state index contributed by atoms with van der Waals surface area (Å²) in [5, 5.41) is 11.9. The van der Waals surface area contributed by atoms with Crippen LogP contribution < -0.4 is 11.0 Å². The van der Waals surface area contributed by atoms with Crippen molar-refractivity contribution in [2.75, 3.05) is 5.32 Å². The van der Waals surface area contributed by atoms with Crippen molar-refractivity contribution in [2.45, 2.75) is 13.5 Å². The molecule has 2 aromatic rings. The van der Waals surface area contributed by atoms with Gasteiger partial charge in [-0.05, 0) is 6.92 Å². The molecule has 0 spiro atoms. The largest absolute Gasteiger partial charge is 0.354 e. The minimum Gasteiger partial charge on any atom is -0.354 e. The second-order valence-electron chi connectivity index (χ2n) is 2.77. The molecule has 2 rings (SSSR count). The van der Waals surface area contributed by atoms with Gasteiger partial charge < -0.3 is 5.32 Å². The highest BCUT2D eigenvalue weighted by Crippen LogP contribution is 2.14. The predicted octanol–water partition coefficient (Wildman–Crippen LogP) is 0.475. The Labute approximate surface area is 83.4 Å². The summed E-state index contributed by atoms with van der Waals surface area (Å²) >= 11 is 1.52. The van der Waals surface area contributed by atoms with Crippen molar-refractivity contribution in [3.05, 3.63) is 27.4 Å². The fourth-order valence-corrected chi connectivity index (χ4v) is 1.67. The van der Waals surface area contributed by atoms with Gasteiger partial charge in [0.1, 0.15) is 5.82 Å². The lowest BCUT2D eigenvalue weighted by atomic mass is 10.6. The highest BCUT2D eigenvalue weighted by molar-refractivity contribution is 7.13. The van der Waals surface area contributed by atoms with Gasteiger partial charge in [-0.15, -0.1) is 11.3 Å². The molecule has 0 atom stereocenters. The van der Waals surface area contributed by atoms with E-state index in [0.29, 0.717) is 12.4 Å². The third-order valence-electron chi connectivity index (χ3n) is 1.58. The van der Waals surface area contributed by atoms with Gasteiger partial charge in [-0.3, -0.25) is 4.98 Å². The van der Waals surface area contributed by atoms with Crippen LogP contribution in [0.4, 0.5) is 5.13 Å². The molecule has 0 saturated heterocycles. The highest BCUT2D eigenvalue weighted by atomic mass is 32.1. The van der Waals surface area contributed by atoms with Gasteiger partial charge in [0, 0.05) is 5.38 Å². The first-order chi connectivity index (χ1) is 6.74. The van der Waals surface area contributed by atoms with Crippen LogP contribution in [0.5, 0.6) is 0 Å². The average Bonchev–Trinajstić information content (AvgIpc) is 2.72. The average molecular weight is 211 g/mol. The van der Waals surface area contributed by atoms with Crippen molar-refractivity contribution in [3.63, 3.8) is 0 Å². The number of aromatic nitrogens is 4. The number of aromatic amines is 2. The number of rotatable bonds is 3. The number of hydrogen-bond donors (Lipinski definition) is 3. The Morgan fingerprint density at radius 3 is 3.07 bits per heavy atom. The van der Waals surface area contributed by atoms with E-state index in [1.807, 2.05) is 12.3 Å². The van der Waals surface area contributed by atoms with Crippen molar-refractivity contribution in [3.8, 4) is 0 Å². The number of H-pyrrole nitrogens is 2. The molecule has 14 heavy (non-hydrogen) atoms. The fraction of sp³-hybridized carbons (Fsp3) is 0.286. The van der Waals surface area contributed by atoms with Crippen LogP contribution in [0.2, 0.25) is 0 Å². The van der Waals surface area contributed by atoms with Crippen LogP contribution in [-0.2, 0) is 6.54 Å². The highest BCUT2D eigenvalue weighted by Gasteiger charge is 2.00. The summed E-state index contributed by atoms with van der Waals surface area (Å²) < 4.78 is 0. The zero-order chi connectivity index (χ0) is 9.97. The van der Waals surface area contributed by atoms with Gasteiger partial charge in [-0.2, -0.15) is 5.10 Å². The van der Waals surface area contributed by atoms with E-state index in [1.165, 1.54) is 11.3 Å². The third-order valence-corrected chi connectivity index (χ3v) is 2.49. The molecule has 0 aromatic carbocycles. The van der Waals surface area contributed by atoms with Crippen molar-refractivity contribution in [1.29, 1.82) is 0 Å². The third kappa shape index (κ3) is 1.99. The van der Waals surface area contributed by atoms with E-state index >= 15 is 0 Å². The molecule has 0 aliphatic heterocycles. The normalized spacial score (nSPS) is 10.4. The number of nitrogens with one attached hydrogen (secondary N) is 3. The first-order valence-corrected chi connectivity index (χ1v) is 4.91. The molecular formula is C7H9N5OS. The number of hydrogen-bond acceptors (Lipinski definition) is 5. The molecular weight excluding hydrogens is 202 g/mol. The zero-order valence-corrected chi connectivity index (χ0v) is 8.31. The van der Waals surface area contributed by atoms with Crippen molar-refractivity contribution in [1.82, 2.24) is 20.2 Å². The Morgan fingerprint density at radius 1 is 1.64 bits per heavy atom. The molecule has 6 nitrogen and oxygen atoms in total. The molecule has 0 amide bonds. The van der Waals surface area contributed by atoms with Crippen molar-refractivity contribution < 1.29 is 0 Å². The van der Waals surface area contributed by atoms with Gasteiger partial charge in [-0.1, -0.05) is 0 Å². The minimum atomic E-state index is -0.294. The molecule has 0 radical (unpaired) electrons. The monoisotopic (exact) mass is 211 g/mol. The molecule has 74 valence electrons. The smallest absolute Gasteiger partial charge is 0.340 e. The van der Waals surface area contributed by atoms with Gasteiger partial charge in [0.15, 0.2) is 5.13 Å². The summed E-state index contributed by atoms with van der Waals surface area (Å²) in [4.78, 5) is 17.4. The van der Waals surface area contributed by atoms with Crippen LogP contribution in [0.3, 0.4) is 0 Å². The SMILES string of the molecule is Cc1csc(NCc2n[nH]c(=O)[nH]2)n1. The fourth-order valence-electron chi connectivity index (χ4n) is 0.983. The van der Waals surface area contributed by atoms with E-state index in [9.17, 15) is 4.79 Å². The van der Waals surface area contributed by atoms with E-state index in [-0.39, 0.29) is 5.69 Å². The molecule has 3 N–H and O–H groups in total.